The third-order valence-corrected chi connectivity index (χ3v) is 6.52. The van der Waals surface area contributed by atoms with Crippen LogP contribution in [0, 0.1) is 12.3 Å². The minimum absolute atomic E-state index is 0.0156. The molecular weight excluding hydrogens is 476 g/mol. The van der Waals surface area contributed by atoms with Crippen LogP contribution in [0.4, 0.5) is 8.78 Å². The van der Waals surface area contributed by atoms with Gasteiger partial charge in [0.1, 0.15) is 6.04 Å². The highest BCUT2D eigenvalue weighted by molar-refractivity contribution is 7.09. The van der Waals surface area contributed by atoms with Gasteiger partial charge in [-0.1, -0.05) is 36.4 Å². The van der Waals surface area contributed by atoms with E-state index in [4.69, 9.17) is 6.42 Å². The van der Waals surface area contributed by atoms with Crippen LogP contribution in [-0.4, -0.2) is 58.4 Å². The van der Waals surface area contributed by atoms with Crippen LogP contribution in [0.15, 0.2) is 47.8 Å². The zero-order chi connectivity index (χ0) is 25.4. The average molecular weight is 504 g/mol. The van der Waals surface area contributed by atoms with Gasteiger partial charge in [-0.3, -0.25) is 14.4 Å². The second-order valence-corrected chi connectivity index (χ2v) is 9.38. The van der Waals surface area contributed by atoms with Gasteiger partial charge in [0, 0.05) is 24.1 Å². The molecule has 0 radical (unpaired) electrons. The van der Waals surface area contributed by atoms with E-state index in [1.54, 1.807) is 42.5 Å². The fourth-order valence-corrected chi connectivity index (χ4v) is 4.55. The molecule has 1 fully saturated rings. The Morgan fingerprint density at radius 2 is 1.97 bits per heavy atom. The number of thiophene rings is 1. The fourth-order valence-electron chi connectivity index (χ4n) is 3.90. The molecule has 10 heteroatoms. The quantitative estimate of drug-likeness (QED) is 0.433. The first kappa shape index (κ1) is 26.3. The van der Waals surface area contributed by atoms with Crippen molar-refractivity contribution >= 4 is 29.1 Å². The molecule has 3 N–H and O–H groups in total. The number of rotatable bonds is 10. The molecule has 186 valence electrons. The van der Waals surface area contributed by atoms with Gasteiger partial charge in [0.25, 0.3) is 11.8 Å². The van der Waals surface area contributed by atoms with Gasteiger partial charge in [-0.05, 0) is 23.4 Å². The largest absolute Gasteiger partial charge is 0.381 e. The van der Waals surface area contributed by atoms with E-state index < -0.39 is 54.8 Å². The molecule has 1 aliphatic rings. The summed E-state index contributed by atoms with van der Waals surface area (Å²) in [5, 5.41) is 17.9. The summed E-state index contributed by atoms with van der Waals surface area (Å²) in [7, 11) is 0. The number of alkyl halides is 2. The van der Waals surface area contributed by atoms with Gasteiger partial charge in [-0.25, -0.2) is 8.78 Å². The number of amides is 3. The maximum absolute atomic E-state index is 14.3. The van der Waals surface area contributed by atoms with Gasteiger partial charge >= 0.3 is 0 Å². The number of hydrogen-bond acceptors (Lipinski definition) is 5. The first-order valence-corrected chi connectivity index (χ1v) is 12.0. The first-order chi connectivity index (χ1) is 16.7. The van der Waals surface area contributed by atoms with Crippen molar-refractivity contribution in [2.24, 2.45) is 0 Å². The summed E-state index contributed by atoms with van der Waals surface area (Å²) >= 11 is 1.40. The average Bonchev–Trinajstić information content (AvgIpc) is 3.47. The summed E-state index contributed by atoms with van der Waals surface area (Å²) in [4.78, 5) is 39.7. The second-order valence-electron chi connectivity index (χ2n) is 8.35. The predicted molar refractivity (Wildman–Crippen MR) is 127 cm³/mol. The molecule has 7 nitrogen and oxygen atoms in total. The van der Waals surface area contributed by atoms with E-state index in [2.05, 4.69) is 16.6 Å². The van der Waals surface area contributed by atoms with Crippen LogP contribution >= 0.6 is 11.3 Å². The normalized spacial score (nSPS) is 18.3. The Kier molecular flexibility index (Phi) is 8.95. The number of benzene rings is 1. The van der Waals surface area contributed by atoms with E-state index in [-0.39, 0.29) is 25.8 Å². The fraction of sp³-hybridized carbons (Fsp3) is 0.400. The van der Waals surface area contributed by atoms with Crippen LogP contribution < -0.4 is 10.6 Å². The van der Waals surface area contributed by atoms with E-state index in [9.17, 15) is 28.3 Å². The lowest BCUT2D eigenvalue weighted by atomic mass is 9.99. The molecule has 0 bridgehead atoms. The van der Waals surface area contributed by atoms with Crippen molar-refractivity contribution < 1.29 is 28.3 Å². The maximum atomic E-state index is 14.3. The molecule has 0 aliphatic carbocycles. The van der Waals surface area contributed by atoms with Gasteiger partial charge in [0.2, 0.25) is 11.8 Å². The molecule has 1 aliphatic heterocycles. The number of likely N-dealkylation sites (tertiary alicyclic amines) is 1. The summed E-state index contributed by atoms with van der Waals surface area (Å²) in [5.41, 5.74) is 0.721. The predicted octanol–water partition coefficient (Wildman–Crippen LogP) is 2.10. The van der Waals surface area contributed by atoms with Crippen LogP contribution in [0.25, 0.3) is 0 Å². The Morgan fingerprint density at radius 1 is 1.23 bits per heavy atom. The molecule has 3 atom stereocenters. The molecule has 2 aromatic rings. The lowest BCUT2D eigenvalue weighted by Crippen LogP contribution is -2.55. The van der Waals surface area contributed by atoms with Crippen molar-refractivity contribution in [3.05, 3.63) is 58.3 Å². The monoisotopic (exact) mass is 503 g/mol. The summed E-state index contributed by atoms with van der Waals surface area (Å²) in [6.07, 6.45) is 2.74. The summed E-state index contributed by atoms with van der Waals surface area (Å²) < 4.78 is 28.6. The molecule has 3 amide bonds. The van der Waals surface area contributed by atoms with Crippen molar-refractivity contribution in [1.29, 1.82) is 0 Å². The van der Waals surface area contributed by atoms with Crippen LogP contribution in [0.3, 0.4) is 0 Å². The lowest BCUT2D eigenvalue weighted by molar-refractivity contribution is -0.147. The summed E-state index contributed by atoms with van der Waals surface area (Å²) in [6.45, 7) is -0.853. The lowest BCUT2D eigenvalue weighted by Gasteiger charge is -2.30. The molecule has 0 saturated carbocycles. The molecule has 1 aromatic carbocycles. The van der Waals surface area contributed by atoms with Crippen LogP contribution in [0.2, 0.25) is 0 Å². The topological polar surface area (TPSA) is 98.7 Å². The summed E-state index contributed by atoms with van der Waals surface area (Å²) in [5.74, 6) is -3.20. The van der Waals surface area contributed by atoms with Crippen LogP contribution in [0.1, 0.15) is 29.7 Å². The number of terminal acetylenes is 1. The standard InChI is InChI=1S/C25H27F2N3O4S/c1-2-3-11-21(31)29-19(13-17-8-5-4-6-9-17)22(32)24(34)30-16-25(26,27)14-20(30)23(33)28-15-18-10-7-12-35-18/h1,4-10,12,19-20,22,32H,3,11,13-16H2,(H,28,33)(H,29,31)/t19-,20-,22-/m0/s1. The highest BCUT2D eigenvalue weighted by Gasteiger charge is 2.51. The molecule has 0 spiro atoms. The van der Waals surface area contributed by atoms with Crippen molar-refractivity contribution in [2.75, 3.05) is 6.54 Å². The van der Waals surface area contributed by atoms with Crippen molar-refractivity contribution in [1.82, 2.24) is 15.5 Å². The van der Waals surface area contributed by atoms with E-state index in [0.29, 0.717) is 4.90 Å². The molecule has 3 rings (SSSR count). The Balaban J connectivity index is 1.75. The first-order valence-electron chi connectivity index (χ1n) is 11.1. The minimum Gasteiger partial charge on any atom is -0.381 e. The summed E-state index contributed by atoms with van der Waals surface area (Å²) in [6, 6.07) is 9.86. The molecular formula is C25H27F2N3O4S. The van der Waals surface area contributed by atoms with Gasteiger partial charge in [-0.2, -0.15) is 0 Å². The number of carbonyl (C=O) groups is 3. The second kappa shape index (κ2) is 11.9. The number of hydrogen-bond donors (Lipinski definition) is 3. The van der Waals surface area contributed by atoms with Gasteiger partial charge in [0.05, 0.1) is 19.1 Å². The van der Waals surface area contributed by atoms with Crippen LogP contribution in [-0.2, 0) is 27.3 Å². The van der Waals surface area contributed by atoms with Gasteiger partial charge < -0.3 is 20.6 Å². The number of nitrogens with one attached hydrogen (secondary N) is 2. The van der Waals surface area contributed by atoms with Gasteiger partial charge in [0.15, 0.2) is 6.10 Å². The Hall–Kier alpha value is -3.29. The van der Waals surface area contributed by atoms with Crippen molar-refractivity contribution in [2.45, 2.75) is 56.3 Å². The highest BCUT2D eigenvalue weighted by Crippen LogP contribution is 2.33. The Labute approximate surface area is 206 Å². The number of aliphatic hydroxyl groups excluding tert-OH is 1. The highest BCUT2D eigenvalue weighted by atomic mass is 32.1. The molecule has 1 aromatic heterocycles. The number of nitrogens with zero attached hydrogens (tertiary/aromatic N) is 1. The third kappa shape index (κ3) is 7.34. The van der Waals surface area contributed by atoms with E-state index in [0.717, 1.165) is 10.4 Å². The maximum Gasteiger partial charge on any atom is 0.267 e. The SMILES string of the molecule is C#CCCC(=O)N[C@@H](Cc1ccccc1)[C@H](O)C(=O)N1CC(F)(F)C[C@H]1C(=O)NCc1cccs1. The minimum atomic E-state index is -3.29. The van der Waals surface area contributed by atoms with Gasteiger partial charge in [-0.15, -0.1) is 23.7 Å². The smallest absolute Gasteiger partial charge is 0.267 e. The van der Waals surface area contributed by atoms with E-state index in [1.165, 1.54) is 11.3 Å². The van der Waals surface area contributed by atoms with Crippen molar-refractivity contribution in [3.63, 3.8) is 0 Å². The number of aliphatic hydroxyl groups is 1. The molecule has 35 heavy (non-hydrogen) atoms. The third-order valence-electron chi connectivity index (χ3n) is 5.65. The molecule has 0 unspecified atom stereocenters. The Bertz CT molecular complexity index is 1060. The van der Waals surface area contributed by atoms with E-state index in [1.807, 2.05) is 5.38 Å². The molecule has 1 saturated heterocycles. The Morgan fingerprint density at radius 3 is 2.63 bits per heavy atom. The number of carbonyl (C=O) groups excluding carboxylic acids is 3. The van der Waals surface area contributed by atoms with Crippen LogP contribution in [0.5, 0.6) is 0 Å². The zero-order valence-corrected chi connectivity index (χ0v) is 19.8. The molecule has 2 heterocycles. The number of halogens is 2. The van der Waals surface area contributed by atoms with E-state index >= 15 is 0 Å². The zero-order valence-electron chi connectivity index (χ0n) is 19.0. The van der Waals surface area contributed by atoms with Crippen molar-refractivity contribution in [3.8, 4) is 12.3 Å².